The molecule has 1 aromatic heterocycles. The molecule has 1 heterocycles. The van der Waals surface area contributed by atoms with Gasteiger partial charge in [0.2, 0.25) is 0 Å². The summed E-state index contributed by atoms with van der Waals surface area (Å²) >= 11 is 0. The summed E-state index contributed by atoms with van der Waals surface area (Å²) in [6.45, 7) is 2.85. The Morgan fingerprint density at radius 2 is 2.29 bits per heavy atom. The molecule has 1 unspecified atom stereocenters. The second-order valence-corrected chi connectivity index (χ2v) is 5.00. The van der Waals surface area contributed by atoms with E-state index in [1.54, 1.807) is 0 Å². The van der Waals surface area contributed by atoms with Crippen molar-refractivity contribution in [3.05, 3.63) is 41.1 Å². The highest BCUT2D eigenvalue weighted by molar-refractivity contribution is 5.82. The number of pyridine rings is 1. The maximum atomic E-state index is 5.86. The van der Waals surface area contributed by atoms with Gasteiger partial charge in [-0.15, -0.1) is 0 Å². The third-order valence-electron chi connectivity index (χ3n) is 3.83. The van der Waals surface area contributed by atoms with Gasteiger partial charge in [-0.1, -0.05) is 18.2 Å². The van der Waals surface area contributed by atoms with Gasteiger partial charge < -0.3 is 5.73 Å². The average Bonchev–Trinajstić information content (AvgIpc) is 2.36. The highest BCUT2D eigenvalue weighted by atomic mass is 14.7. The van der Waals surface area contributed by atoms with Crippen molar-refractivity contribution in [2.75, 3.05) is 6.54 Å². The molecular weight excluding hydrogens is 208 g/mol. The van der Waals surface area contributed by atoms with Crippen LogP contribution in [-0.4, -0.2) is 11.5 Å². The lowest BCUT2D eigenvalue weighted by molar-refractivity contribution is 0.547. The molecule has 1 aromatic carbocycles. The van der Waals surface area contributed by atoms with E-state index in [0.717, 1.165) is 18.5 Å². The van der Waals surface area contributed by atoms with Crippen LogP contribution in [0.4, 0.5) is 0 Å². The van der Waals surface area contributed by atoms with Crippen molar-refractivity contribution < 1.29 is 0 Å². The number of nitrogens with zero attached hydrogens (tertiary/aromatic N) is 1. The second-order valence-electron chi connectivity index (χ2n) is 5.00. The Morgan fingerprint density at radius 1 is 1.41 bits per heavy atom. The second kappa shape index (κ2) is 4.11. The Morgan fingerprint density at radius 3 is 3.12 bits per heavy atom. The maximum Gasteiger partial charge on any atom is 0.0734 e. The highest BCUT2D eigenvalue weighted by Crippen LogP contribution is 2.32. The van der Waals surface area contributed by atoms with Gasteiger partial charge >= 0.3 is 0 Å². The molecule has 1 aliphatic rings. The lowest BCUT2D eigenvalue weighted by Crippen LogP contribution is -2.19. The van der Waals surface area contributed by atoms with E-state index in [0.29, 0.717) is 5.92 Å². The Kier molecular flexibility index (Phi) is 2.60. The predicted molar refractivity (Wildman–Crippen MR) is 71.2 cm³/mol. The molecule has 2 N–H and O–H groups in total. The number of fused-ring (bicyclic) bond motifs is 2. The van der Waals surface area contributed by atoms with Gasteiger partial charge in [0.1, 0.15) is 0 Å². The van der Waals surface area contributed by atoms with E-state index in [2.05, 4.69) is 31.2 Å². The van der Waals surface area contributed by atoms with Gasteiger partial charge in [0, 0.05) is 23.5 Å². The van der Waals surface area contributed by atoms with Crippen molar-refractivity contribution >= 4 is 10.9 Å². The van der Waals surface area contributed by atoms with Crippen molar-refractivity contribution in [2.24, 2.45) is 5.73 Å². The van der Waals surface area contributed by atoms with Gasteiger partial charge in [-0.3, -0.25) is 4.98 Å². The molecule has 0 radical (unpaired) electrons. The fraction of sp³-hybridized carbons (Fsp3) is 0.400. The van der Waals surface area contributed by atoms with Crippen LogP contribution in [0.15, 0.2) is 24.3 Å². The van der Waals surface area contributed by atoms with Crippen molar-refractivity contribution in [1.29, 1.82) is 0 Å². The predicted octanol–water partition coefficient (Wildman–Crippen LogP) is 2.92. The largest absolute Gasteiger partial charge is 0.330 e. The molecule has 2 nitrogen and oxygen atoms in total. The van der Waals surface area contributed by atoms with Crippen LogP contribution in [0.2, 0.25) is 0 Å². The molecule has 1 aliphatic carbocycles. The fourth-order valence-electron chi connectivity index (χ4n) is 2.86. The molecule has 0 amide bonds. The van der Waals surface area contributed by atoms with E-state index in [-0.39, 0.29) is 0 Å². The van der Waals surface area contributed by atoms with Gasteiger partial charge in [0.25, 0.3) is 0 Å². The van der Waals surface area contributed by atoms with E-state index < -0.39 is 0 Å². The third kappa shape index (κ3) is 1.73. The molecule has 0 aliphatic heterocycles. The smallest absolute Gasteiger partial charge is 0.0734 e. The summed E-state index contributed by atoms with van der Waals surface area (Å²) in [5.74, 6) is 0.461. The van der Waals surface area contributed by atoms with Crippen LogP contribution < -0.4 is 5.73 Å². The lowest BCUT2D eigenvalue weighted by atomic mass is 9.86. The number of aromatic nitrogens is 1. The SMILES string of the molecule is Cc1cccc2cc3c(nc12)C(CN)CCC3. The van der Waals surface area contributed by atoms with Gasteiger partial charge in [-0.2, -0.15) is 0 Å². The van der Waals surface area contributed by atoms with Crippen LogP contribution in [0.1, 0.15) is 35.6 Å². The summed E-state index contributed by atoms with van der Waals surface area (Å²) in [5.41, 5.74) is 10.9. The first-order valence-corrected chi connectivity index (χ1v) is 6.39. The Bertz CT molecular complexity index is 560. The first-order valence-electron chi connectivity index (χ1n) is 6.39. The molecule has 17 heavy (non-hydrogen) atoms. The molecular formula is C15H18N2. The van der Waals surface area contributed by atoms with Gasteiger partial charge in [-0.05, 0) is 43.4 Å². The van der Waals surface area contributed by atoms with Crippen molar-refractivity contribution in [1.82, 2.24) is 4.98 Å². The molecule has 0 spiro atoms. The molecule has 0 saturated carbocycles. The Labute approximate surface area is 102 Å². The molecule has 1 atom stereocenters. The molecule has 2 heteroatoms. The highest BCUT2D eigenvalue weighted by Gasteiger charge is 2.21. The van der Waals surface area contributed by atoms with E-state index in [1.165, 1.54) is 35.0 Å². The molecule has 3 rings (SSSR count). The molecule has 88 valence electrons. The zero-order valence-electron chi connectivity index (χ0n) is 10.2. The van der Waals surface area contributed by atoms with Crippen molar-refractivity contribution in [3.8, 4) is 0 Å². The van der Waals surface area contributed by atoms with Gasteiger partial charge in [0.15, 0.2) is 0 Å². The number of rotatable bonds is 1. The summed E-state index contributed by atoms with van der Waals surface area (Å²) < 4.78 is 0. The number of benzene rings is 1. The lowest BCUT2D eigenvalue weighted by Gasteiger charge is -2.24. The Hall–Kier alpha value is -1.41. The summed E-state index contributed by atoms with van der Waals surface area (Å²) in [6.07, 6.45) is 3.59. The minimum atomic E-state index is 0.461. The average molecular weight is 226 g/mol. The minimum absolute atomic E-state index is 0.461. The fourth-order valence-corrected chi connectivity index (χ4v) is 2.86. The van der Waals surface area contributed by atoms with E-state index in [4.69, 9.17) is 10.7 Å². The van der Waals surface area contributed by atoms with Crippen LogP contribution >= 0.6 is 0 Å². The zero-order chi connectivity index (χ0) is 11.8. The molecule has 0 bridgehead atoms. The number of para-hydroxylation sites is 1. The standard InChI is InChI=1S/C15H18N2/c1-10-4-2-5-11-8-12-6-3-7-13(9-16)15(12)17-14(10)11/h2,4-5,8,13H,3,6-7,9,16H2,1H3. The van der Waals surface area contributed by atoms with Crippen LogP contribution in [0.3, 0.4) is 0 Å². The van der Waals surface area contributed by atoms with Crippen LogP contribution in [0.25, 0.3) is 10.9 Å². The summed E-state index contributed by atoms with van der Waals surface area (Å²) in [6, 6.07) is 8.70. The first-order chi connectivity index (χ1) is 8.29. The molecule has 2 aromatic rings. The van der Waals surface area contributed by atoms with E-state index in [9.17, 15) is 0 Å². The summed E-state index contributed by atoms with van der Waals surface area (Å²) in [4.78, 5) is 4.89. The zero-order valence-corrected chi connectivity index (χ0v) is 10.2. The van der Waals surface area contributed by atoms with Gasteiger partial charge in [0.05, 0.1) is 5.52 Å². The third-order valence-corrected chi connectivity index (χ3v) is 3.83. The van der Waals surface area contributed by atoms with Crippen LogP contribution in [-0.2, 0) is 6.42 Å². The monoisotopic (exact) mass is 226 g/mol. The first kappa shape index (κ1) is 10.7. The van der Waals surface area contributed by atoms with Crippen molar-refractivity contribution in [2.45, 2.75) is 32.1 Å². The van der Waals surface area contributed by atoms with Crippen LogP contribution in [0, 0.1) is 6.92 Å². The summed E-state index contributed by atoms with van der Waals surface area (Å²) in [7, 11) is 0. The maximum absolute atomic E-state index is 5.86. The quantitative estimate of drug-likeness (QED) is 0.812. The number of nitrogens with two attached hydrogens (primary N) is 1. The normalized spacial score (nSPS) is 19.3. The van der Waals surface area contributed by atoms with E-state index in [1.807, 2.05) is 0 Å². The number of hydrogen-bond acceptors (Lipinski definition) is 2. The topological polar surface area (TPSA) is 38.9 Å². The number of hydrogen-bond donors (Lipinski definition) is 1. The molecule has 0 fully saturated rings. The summed E-state index contributed by atoms with van der Waals surface area (Å²) in [5, 5.41) is 1.27. The van der Waals surface area contributed by atoms with E-state index >= 15 is 0 Å². The van der Waals surface area contributed by atoms with Crippen molar-refractivity contribution in [3.63, 3.8) is 0 Å². The number of aryl methyl sites for hydroxylation is 2. The Balaban J connectivity index is 2.25. The minimum Gasteiger partial charge on any atom is -0.330 e. The van der Waals surface area contributed by atoms with Gasteiger partial charge in [-0.25, -0.2) is 0 Å². The molecule has 0 saturated heterocycles. The van der Waals surface area contributed by atoms with Crippen LogP contribution in [0.5, 0.6) is 0 Å².